The second-order valence-electron chi connectivity index (χ2n) is 7.02. The number of benzene rings is 2. The van der Waals surface area contributed by atoms with Gasteiger partial charge in [0.1, 0.15) is 0 Å². The Bertz CT molecular complexity index is 997. The fourth-order valence-corrected chi connectivity index (χ4v) is 3.42. The molecule has 1 aliphatic carbocycles. The van der Waals surface area contributed by atoms with E-state index in [1.165, 1.54) is 19.1 Å². The molecule has 1 aliphatic heterocycles. The Kier molecular flexibility index (Phi) is 4.92. The minimum Gasteiger partial charge on any atom is -0.455 e. The summed E-state index contributed by atoms with van der Waals surface area (Å²) in [6.45, 7) is 0.977. The second kappa shape index (κ2) is 7.40. The predicted molar refractivity (Wildman–Crippen MR) is 105 cm³/mol. The van der Waals surface area contributed by atoms with Crippen LogP contribution in [-0.4, -0.2) is 31.1 Å². The Morgan fingerprint density at radius 3 is 2.38 bits per heavy atom. The summed E-state index contributed by atoms with van der Waals surface area (Å²) in [5, 5.41) is 3.19. The number of fused-ring (bicyclic) bond motifs is 1. The zero-order chi connectivity index (χ0) is 20.6. The SMILES string of the molecule is CC(=O)c1cc2c(cc1NC(=O)COC(=O)C1(c3ccc(Cl)cc3)CC1)OCO2. The van der Waals surface area contributed by atoms with E-state index in [2.05, 4.69) is 5.32 Å². The van der Waals surface area contributed by atoms with Gasteiger partial charge in [-0.15, -0.1) is 0 Å². The first-order chi connectivity index (χ1) is 13.9. The van der Waals surface area contributed by atoms with Gasteiger partial charge in [-0.05, 0) is 43.5 Å². The van der Waals surface area contributed by atoms with Crippen LogP contribution in [0.5, 0.6) is 11.5 Å². The lowest BCUT2D eigenvalue weighted by molar-refractivity contribution is -0.150. The van der Waals surface area contributed by atoms with Crippen molar-refractivity contribution in [1.29, 1.82) is 0 Å². The van der Waals surface area contributed by atoms with E-state index in [4.69, 9.17) is 25.8 Å². The maximum atomic E-state index is 12.6. The largest absolute Gasteiger partial charge is 0.455 e. The molecular formula is C21H18ClNO6. The molecule has 1 saturated carbocycles. The van der Waals surface area contributed by atoms with Gasteiger partial charge in [0, 0.05) is 16.7 Å². The summed E-state index contributed by atoms with van der Waals surface area (Å²) in [6.07, 6.45) is 1.32. The van der Waals surface area contributed by atoms with Crippen molar-refractivity contribution in [2.75, 3.05) is 18.7 Å². The Morgan fingerprint density at radius 1 is 1.10 bits per heavy atom. The van der Waals surface area contributed by atoms with Gasteiger partial charge in [-0.25, -0.2) is 0 Å². The molecule has 0 saturated heterocycles. The zero-order valence-corrected chi connectivity index (χ0v) is 16.4. The quantitative estimate of drug-likeness (QED) is 0.573. The number of carbonyl (C=O) groups excluding carboxylic acids is 3. The number of anilines is 1. The molecule has 0 unspecified atom stereocenters. The molecule has 150 valence electrons. The van der Waals surface area contributed by atoms with Gasteiger partial charge in [0.15, 0.2) is 23.9 Å². The van der Waals surface area contributed by atoms with Crippen molar-refractivity contribution in [2.45, 2.75) is 25.2 Å². The van der Waals surface area contributed by atoms with E-state index >= 15 is 0 Å². The number of rotatable bonds is 6. The standard InChI is InChI=1S/C21H18ClNO6/c1-12(24)15-8-17-18(29-11-28-17)9-16(15)23-19(25)10-27-20(26)21(6-7-21)13-2-4-14(22)5-3-13/h2-5,8-9H,6-7,10-11H2,1H3,(H,23,25). The highest BCUT2D eigenvalue weighted by molar-refractivity contribution is 6.30. The fourth-order valence-electron chi connectivity index (χ4n) is 3.30. The Labute approximate surface area is 171 Å². The minimum absolute atomic E-state index is 0.0501. The van der Waals surface area contributed by atoms with Crippen molar-refractivity contribution in [2.24, 2.45) is 0 Å². The van der Waals surface area contributed by atoms with Crippen molar-refractivity contribution < 1.29 is 28.6 Å². The highest BCUT2D eigenvalue weighted by Gasteiger charge is 2.52. The van der Waals surface area contributed by atoms with E-state index in [0.29, 0.717) is 29.4 Å². The lowest BCUT2D eigenvalue weighted by Gasteiger charge is -2.15. The number of nitrogens with one attached hydrogen (secondary N) is 1. The van der Waals surface area contributed by atoms with Crippen molar-refractivity contribution >= 4 is 34.9 Å². The van der Waals surface area contributed by atoms with Gasteiger partial charge in [0.2, 0.25) is 6.79 Å². The van der Waals surface area contributed by atoms with Crippen LogP contribution in [0.4, 0.5) is 5.69 Å². The third-order valence-corrected chi connectivity index (χ3v) is 5.29. The number of halogens is 1. The average molecular weight is 416 g/mol. The summed E-state index contributed by atoms with van der Waals surface area (Å²) < 4.78 is 15.8. The molecule has 2 aromatic carbocycles. The number of hydrogen-bond acceptors (Lipinski definition) is 6. The zero-order valence-electron chi connectivity index (χ0n) is 15.6. The monoisotopic (exact) mass is 415 g/mol. The number of esters is 1. The van der Waals surface area contributed by atoms with Crippen LogP contribution >= 0.6 is 11.6 Å². The minimum atomic E-state index is -0.714. The number of amides is 1. The highest BCUT2D eigenvalue weighted by atomic mass is 35.5. The molecule has 0 radical (unpaired) electrons. The highest BCUT2D eigenvalue weighted by Crippen LogP contribution is 2.49. The van der Waals surface area contributed by atoms with E-state index in [9.17, 15) is 14.4 Å². The van der Waals surface area contributed by atoms with Crippen LogP contribution in [-0.2, 0) is 19.7 Å². The Morgan fingerprint density at radius 2 is 1.76 bits per heavy atom. The summed E-state index contributed by atoms with van der Waals surface area (Å²) in [7, 11) is 0. The van der Waals surface area contributed by atoms with Crippen LogP contribution < -0.4 is 14.8 Å². The number of carbonyl (C=O) groups is 3. The average Bonchev–Trinajstić information content (AvgIpc) is 3.38. The molecule has 0 bridgehead atoms. The molecule has 1 heterocycles. The number of ether oxygens (including phenoxy) is 3. The van der Waals surface area contributed by atoms with Gasteiger partial charge in [0.05, 0.1) is 11.1 Å². The van der Waals surface area contributed by atoms with Crippen LogP contribution in [0.25, 0.3) is 0 Å². The van der Waals surface area contributed by atoms with Gasteiger partial charge < -0.3 is 19.5 Å². The molecule has 2 aromatic rings. The first-order valence-corrected chi connectivity index (χ1v) is 9.44. The molecule has 2 aliphatic rings. The number of Topliss-reactive ketones (excluding diaryl/α,β-unsaturated/α-hetero) is 1. The van der Waals surface area contributed by atoms with Crippen LogP contribution in [0.1, 0.15) is 35.7 Å². The molecule has 29 heavy (non-hydrogen) atoms. The maximum absolute atomic E-state index is 12.6. The summed E-state index contributed by atoms with van der Waals surface area (Å²) >= 11 is 5.90. The molecule has 1 N–H and O–H groups in total. The first-order valence-electron chi connectivity index (χ1n) is 9.07. The smallest absolute Gasteiger partial charge is 0.317 e. The summed E-state index contributed by atoms with van der Waals surface area (Å²) in [5.41, 5.74) is 0.672. The topological polar surface area (TPSA) is 90.9 Å². The maximum Gasteiger partial charge on any atom is 0.317 e. The fraction of sp³-hybridized carbons (Fsp3) is 0.286. The van der Waals surface area contributed by atoms with Crippen molar-refractivity contribution in [1.82, 2.24) is 0 Å². The summed E-state index contributed by atoms with van der Waals surface area (Å²) in [6, 6.07) is 10.1. The van der Waals surface area contributed by atoms with E-state index in [-0.39, 0.29) is 23.8 Å². The molecular weight excluding hydrogens is 398 g/mol. The van der Waals surface area contributed by atoms with Gasteiger partial charge in [0.25, 0.3) is 5.91 Å². The van der Waals surface area contributed by atoms with Gasteiger partial charge >= 0.3 is 5.97 Å². The third-order valence-electron chi connectivity index (χ3n) is 5.04. The lowest BCUT2D eigenvalue weighted by Crippen LogP contribution is -2.28. The van der Waals surface area contributed by atoms with E-state index < -0.39 is 23.9 Å². The van der Waals surface area contributed by atoms with E-state index in [0.717, 1.165) is 5.56 Å². The molecule has 4 rings (SSSR count). The van der Waals surface area contributed by atoms with E-state index in [1.807, 2.05) is 0 Å². The van der Waals surface area contributed by atoms with Gasteiger partial charge in [-0.3, -0.25) is 14.4 Å². The van der Waals surface area contributed by atoms with E-state index in [1.54, 1.807) is 24.3 Å². The third kappa shape index (κ3) is 3.78. The molecule has 0 spiro atoms. The predicted octanol–water partition coefficient (Wildman–Crippen LogP) is 3.48. The molecule has 8 heteroatoms. The van der Waals surface area contributed by atoms with Crippen LogP contribution in [0, 0.1) is 0 Å². The lowest BCUT2D eigenvalue weighted by atomic mass is 9.96. The van der Waals surface area contributed by atoms with Gasteiger partial charge in [-0.2, -0.15) is 0 Å². The second-order valence-corrected chi connectivity index (χ2v) is 7.46. The van der Waals surface area contributed by atoms with Gasteiger partial charge in [-0.1, -0.05) is 23.7 Å². The molecule has 1 amide bonds. The van der Waals surface area contributed by atoms with Crippen molar-refractivity contribution in [3.8, 4) is 11.5 Å². The summed E-state index contributed by atoms with van der Waals surface area (Å²) in [4.78, 5) is 36.8. The van der Waals surface area contributed by atoms with Crippen molar-refractivity contribution in [3.05, 3.63) is 52.5 Å². The number of hydrogen-bond donors (Lipinski definition) is 1. The molecule has 0 aromatic heterocycles. The van der Waals surface area contributed by atoms with Crippen LogP contribution in [0.3, 0.4) is 0 Å². The molecule has 1 fully saturated rings. The molecule has 0 atom stereocenters. The summed E-state index contributed by atoms with van der Waals surface area (Å²) in [5.74, 6) is -0.366. The first kappa shape index (κ1) is 19.3. The number of ketones is 1. The van der Waals surface area contributed by atoms with Crippen LogP contribution in [0.15, 0.2) is 36.4 Å². The van der Waals surface area contributed by atoms with Crippen molar-refractivity contribution in [3.63, 3.8) is 0 Å². The Balaban J connectivity index is 1.41. The Hall–Kier alpha value is -3.06. The normalized spacial score (nSPS) is 15.5. The molecule has 7 nitrogen and oxygen atoms in total. The van der Waals surface area contributed by atoms with Crippen LogP contribution in [0.2, 0.25) is 5.02 Å².